The molecular formula is C18H19BrN2O2. The molecule has 1 aliphatic heterocycles. The highest BCUT2D eigenvalue weighted by molar-refractivity contribution is 9.10. The molecule has 0 bridgehead atoms. The minimum Gasteiger partial charge on any atom is -0.456 e. The van der Waals surface area contributed by atoms with Gasteiger partial charge >= 0.3 is 0 Å². The average Bonchev–Trinajstić information content (AvgIpc) is 2.55. The van der Waals surface area contributed by atoms with Crippen molar-refractivity contribution in [2.45, 2.75) is 0 Å². The van der Waals surface area contributed by atoms with Crippen LogP contribution in [0.4, 0.5) is 0 Å². The average molecular weight is 375 g/mol. The van der Waals surface area contributed by atoms with Gasteiger partial charge in [-0.05, 0) is 37.4 Å². The third kappa shape index (κ3) is 3.92. The maximum Gasteiger partial charge on any atom is 0.257 e. The lowest BCUT2D eigenvalue weighted by Gasteiger charge is -2.32. The minimum absolute atomic E-state index is 0.0312. The predicted molar refractivity (Wildman–Crippen MR) is 94.1 cm³/mol. The molecule has 0 atom stereocenters. The predicted octanol–water partition coefficient (Wildman–Crippen LogP) is 3.63. The zero-order valence-corrected chi connectivity index (χ0v) is 14.6. The number of piperazine rings is 1. The van der Waals surface area contributed by atoms with Crippen LogP contribution in [-0.2, 0) is 0 Å². The van der Waals surface area contributed by atoms with Crippen molar-refractivity contribution in [2.24, 2.45) is 0 Å². The highest BCUT2D eigenvalue weighted by Crippen LogP contribution is 2.28. The maximum atomic E-state index is 12.8. The molecule has 0 unspecified atom stereocenters. The quantitative estimate of drug-likeness (QED) is 0.822. The van der Waals surface area contributed by atoms with Gasteiger partial charge in [0, 0.05) is 30.7 Å². The van der Waals surface area contributed by atoms with E-state index in [9.17, 15) is 4.79 Å². The van der Waals surface area contributed by atoms with E-state index in [4.69, 9.17) is 4.74 Å². The number of hydrogen-bond donors (Lipinski definition) is 0. The lowest BCUT2D eigenvalue weighted by atomic mass is 10.1. The zero-order chi connectivity index (χ0) is 16.2. The Morgan fingerprint density at radius 2 is 1.78 bits per heavy atom. The van der Waals surface area contributed by atoms with Crippen LogP contribution in [0.15, 0.2) is 53.0 Å². The zero-order valence-electron chi connectivity index (χ0n) is 13.0. The monoisotopic (exact) mass is 374 g/mol. The van der Waals surface area contributed by atoms with Crippen molar-refractivity contribution in [1.82, 2.24) is 9.80 Å². The molecule has 5 heteroatoms. The van der Waals surface area contributed by atoms with E-state index in [-0.39, 0.29) is 5.91 Å². The summed E-state index contributed by atoms with van der Waals surface area (Å²) < 4.78 is 6.88. The number of amides is 1. The van der Waals surface area contributed by atoms with Crippen LogP contribution >= 0.6 is 15.9 Å². The molecule has 120 valence electrons. The summed E-state index contributed by atoms with van der Waals surface area (Å²) in [7, 11) is 2.08. The van der Waals surface area contributed by atoms with Gasteiger partial charge in [0.15, 0.2) is 0 Å². The molecule has 0 aliphatic carbocycles. The second kappa shape index (κ2) is 7.15. The van der Waals surface area contributed by atoms with Crippen molar-refractivity contribution in [1.29, 1.82) is 0 Å². The number of halogens is 1. The van der Waals surface area contributed by atoms with Gasteiger partial charge in [0.1, 0.15) is 11.5 Å². The Kier molecular flexibility index (Phi) is 4.98. The van der Waals surface area contributed by atoms with E-state index in [0.717, 1.165) is 30.7 Å². The van der Waals surface area contributed by atoms with Crippen molar-refractivity contribution in [3.8, 4) is 11.5 Å². The van der Waals surface area contributed by atoms with Crippen LogP contribution in [0.2, 0.25) is 0 Å². The van der Waals surface area contributed by atoms with E-state index < -0.39 is 0 Å². The van der Waals surface area contributed by atoms with Crippen molar-refractivity contribution in [2.75, 3.05) is 33.2 Å². The molecule has 1 heterocycles. The van der Waals surface area contributed by atoms with Crippen LogP contribution in [0.25, 0.3) is 0 Å². The first-order valence-corrected chi connectivity index (χ1v) is 8.43. The van der Waals surface area contributed by atoms with Crippen LogP contribution in [0, 0.1) is 0 Å². The van der Waals surface area contributed by atoms with Crippen molar-refractivity contribution >= 4 is 21.8 Å². The molecule has 0 aromatic heterocycles. The van der Waals surface area contributed by atoms with E-state index >= 15 is 0 Å². The SMILES string of the molecule is CN1CCN(C(=O)c2ccccc2Oc2cccc(Br)c2)CC1. The van der Waals surface area contributed by atoms with E-state index in [1.807, 2.05) is 53.4 Å². The van der Waals surface area contributed by atoms with E-state index in [2.05, 4.69) is 27.9 Å². The minimum atomic E-state index is 0.0312. The molecule has 3 rings (SSSR count). The lowest BCUT2D eigenvalue weighted by Crippen LogP contribution is -2.47. The number of nitrogens with zero attached hydrogens (tertiary/aromatic N) is 2. The van der Waals surface area contributed by atoms with Crippen LogP contribution in [0.5, 0.6) is 11.5 Å². The molecule has 0 N–H and O–H groups in total. The van der Waals surface area contributed by atoms with Gasteiger partial charge in [-0.1, -0.05) is 34.1 Å². The largest absolute Gasteiger partial charge is 0.456 e. The number of rotatable bonds is 3. The van der Waals surface area contributed by atoms with Crippen LogP contribution in [0.1, 0.15) is 10.4 Å². The second-order valence-electron chi connectivity index (χ2n) is 5.65. The van der Waals surface area contributed by atoms with Gasteiger partial charge in [-0.25, -0.2) is 0 Å². The van der Waals surface area contributed by atoms with Gasteiger partial charge in [-0.2, -0.15) is 0 Å². The topological polar surface area (TPSA) is 32.8 Å². The molecule has 2 aromatic carbocycles. The third-order valence-electron chi connectivity index (χ3n) is 3.93. The van der Waals surface area contributed by atoms with Crippen molar-refractivity contribution in [3.05, 3.63) is 58.6 Å². The van der Waals surface area contributed by atoms with Gasteiger partial charge in [-0.3, -0.25) is 4.79 Å². The number of likely N-dealkylation sites (N-methyl/N-ethyl adjacent to an activating group) is 1. The highest BCUT2D eigenvalue weighted by atomic mass is 79.9. The Hall–Kier alpha value is -1.85. The smallest absolute Gasteiger partial charge is 0.257 e. The van der Waals surface area contributed by atoms with Gasteiger partial charge in [0.2, 0.25) is 0 Å². The van der Waals surface area contributed by atoms with Crippen LogP contribution in [0.3, 0.4) is 0 Å². The molecule has 1 fully saturated rings. The van der Waals surface area contributed by atoms with Crippen molar-refractivity contribution < 1.29 is 9.53 Å². The Morgan fingerprint density at radius 1 is 1.04 bits per heavy atom. The van der Waals surface area contributed by atoms with E-state index in [0.29, 0.717) is 17.1 Å². The van der Waals surface area contributed by atoms with Gasteiger partial charge < -0.3 is 14.5 Å². The fourth-order valence-electron chi connectivity index (χ4n) is 2.57. The number of ether oxygens (including phenoxy) is 1. The second-order valence-corrected chi connectivity index (χ2v) is 6.57. The molecular weight excluding hydrogens is 356 g/mol. The molecule has 23 heavy (non-hydrogen) atoms. The summed E-state index contributed by atoms with van der Waals surface area (Å²) >= 11 is 3.43. The number of carbonyl (C=O) groups is 1. The number of carbonyl (C=O) groups excluding carboxylic acids is 1. The Morgan fingerprint density at radius 3 is 2.52 bits per heavy atom. The van der Waals surface area contributed by atoms with E-state index in [1.165, 1.54) is 0 Å². The lowest BCUT2D eigenvalue weighted by molar-refractivity contribution is 0.0661. The first-order valence-electron chi connectivity index (χ1n) is 7.64. The van der Waals surface area contributed by atoms with Crippen LogP contribution in [-0.4, -0.2) is 48.9 Å². The molecule has 0 saturated carbocycles. The summed E-state index contributed by atoms with van der Waals surface area (Å²) in [6, 6.07) is 15.0. The number of hydrogen-bond acceptors (Lipinski definition) is 3. The highest BCUT2D eigenvalue weighted by Gasteiger charge is 2.23. The summed E-state index contributed by atoms with van der Waals surface area (Å²) in [5.41, 5.74) is 0.608. The molecule has 1 amide bonds. The molecule has 2 aromatic rings. The van der Waals surface area contributed by atoms with Crippen LogP contribution < -0.4 is 4.74 Å². The van der Waals surface area contributed by atoms with Gasteiger partial charge in [0.25, 0.3) is 5.91 Å². The summed E-state index contributed by atoms with van der Waals surface area (Å²) in [5, 5.41) is 0. The summed E-state index contributed by atoms with van der Waals surface area (Å²) in [4.78, 5) is 16.9. The third-order valence-corrected chi connectivity index (χ3v) is 4.43. The number of para-hydroxylation sites is 1. The molecule has 1 aliphatic rings. The fraction of sp³-hybridized carbons (Fsp3) is 0.278. The molecule has 0 spiro atoms. The molecule has 0 radical (unpaired) electrons. The summed E-state index contributed by atoms with van der Waals surface area (Å²) in [6.45, 7) is 3.31. The Labute approximate surface area is 144 Å². The first kappa shape index (κ1) is 16.0. The van der Waals surface area contributed by atoms with Gasteiger partial charge in [0.05, 0.1) is 5.56 Å². The summed E-state index contributed by atoms with van der Waals surface area (Å²) in [6.07, 6.45) is 0. The fourth-order valence-corrected chi connectivity index (χ4v) is 2.95. The normalized spacial score (nSPS) is 15.5. The molecule has 1 saturated heterocycles. The Balaban J connectivity index is 1.81. The van der Waals surface area contributed by atoms with E-state index in [1.54, 1.807) is 0 Å². The first-order chi connectivity index (χ1) is 11.1. The van der Waals surface area contributed by atoms with Crippen molar-refractivity contribution in [3.63, 3.8) is 0 Å². The summed E-state index contributed by atoms with van der Waals surface area (Å²) in [5.74, 6) is 1.33. The van der Waals surface area contributed by atoms with Gasteiger partial charge in [-0.15, -0.1) is 0 Å². The molecule has 4 nitrogen and oxygen atoms in total. The Bertz CT molecular complexity index is 697. The number of benzene rings is 2. The maximum absolute atomic E-state index is 12.8. The standard InChI is InChI=1S/C18H19BrN2O2/c1-20-9-11-21(12-10-20)18(22)16-7-2-3-8-17(16)23-15-6-4-5-14(19)13-15/h2-8,13H,9-12H2,1H3.